The maximum atomic E-state index is 13.6. The van der Waals surface area contributed by atoms with Gasteiger partial charge in [0.2, 0.25) is 11.7 Å². The number of hydroxylamine groups is 1. The number of aliphatic hydroxyl groups is 1. The fourth-order valence-corrected chi connectivity index (χ4v) is 7.63. The molecule has 1 atom stereocenters. The quantitative estimate of drug-likeness (QED) is 0.0941. The molecule has 1 aromatic heterocycles. The second-order valence-electron chi connectivity index (χ2n) is 17.0. The number of aryl methyl sites for hydroxylation is 1. The SMILES string of the molecule is C/C=C1/C=C(c2ccc(-c3noc(C)n3)cc2Cl)C(=O)N(CC)/C1=N/C(=C/CC)NCCCOC.C=C(/N=C1\C(=C/C)C=C(c2ccc(C3=NC(C)ON3)cc2Cl)C(=O)N1CC)NCC(C)(C)O.CC.CC.CCC. The van der Waals surface area contributed by atoms with Crippen LogP contribution in [-0.2, 0) is 19.2 Å². The Morgan fingerprint density at radius 1 is 0.880 bits per heavy atom. The average Bonchev–Trinajstić information content (AvgIpc) is 4.04. The number of methoxy groups -OCH3 is 1. The van der Waals surface area contributed by atoms with E-state index in [1.165, 1.54) is 6.42 Å². The van der Waals surface area contributed by atoms with Gasteiger partial charge in [-0.05, 0) is 91.7 Å². The van der Waals surface area contributed by atoms with Gasteiger partial charge in [-0.1, -0.05) is 126 Å². The monoisotopic (exact) mass is 1070 g/mol. The summed E-state index contributed by atoms with van der Waals surface area (Å²) < 4.78 is 10.2. The van der Waals surface area contributed by atoms with Crippen molar-refractivity contribution in [3.05, 3.63) is 129 Å². The molecule has 4 heterocycles. The minimum atomic E-state index is -0.918. The van der Waals surface area contributed by atoms with E-state index < -0.39 is 5.60 Å². The Kier molecular flexibility index (Phi) is 28.6. The van der Waals surface area contributed by atoms with E-state index in [0.29, 0.717) is 92.6 Å². The number of carbonyl (C=O) groups excluding carboxylic acids is 2. The summed E-state index contributed by atoms with van der Waals surface area (Å²) in [6.45, 7) is 35.3. The number of carbonyl (C=O) groups is 2. The van der Waals surface area contributed by atoms with Crippen molar-refractivity contribution in [2.45, 2.75) is 135 Å². The number of aromatic nitrogens is 2. The molecule has 6 rings (SSSR count). The largest absolute Gasteiger partial charge is 0.389 e. The molecule has 410 valence electrons. The van der Waals surface area contributed by atoms with Crippen molar-refractivity contribution in [1.29, 1.82) is 0 Å². The number of hydrogen-bond acceptors (Lipinski definition) is 14. The normalized spacial score (nSPS) is 17.6. The second-order valence-corrected chi connectivity index (χ2v) is 17.8. The number of ether oxygens (including phenoxy) is 1. The van der Waals surface area contributed by atoms with Gasteiger partial charge < -0.3 is 25.0 Å². The molecule has 18 heteroatoms. The highest BCUT2D eigenvalue weighted by Crippen LogP contribution is 2.35. The number of amides is 2. The highest BCUT2D eigenvalue weighted by atomic mass is 35.5. The molecule has 3 aliphatic rings. The van der Waals surface area contributed by atoms with Crippen molar-refractivity contribution in [3.8, 4) is 11.4 Å². The first-order chi connectivity index (χ1) is 35.9. The Hall–Kier alpha value is -6.17. The van der Waals surface area contributed by atoms with Crippen LogP contribution in [-0.4, -0.2) is 106 Å². The summed E-state index contributed by atoms with van der Waals surface area (Å²) in [5.41, 5.74) is 7.20. The highest BCUT2D eigenvalue weighted by molar-refractivity contribution is 6.39. The zero-order valence-electron chi connectivity index (χ0n) is 47.2. The summed E-state index contributed by atoms with van der Waals surface area (Å²) in [7, 11) is 1.68. The molecule has 0 spiro atoms. The topological polar surface area (TPSA) is 191 Å². The van der Waals surface area contributed by atoms with Crippen LogP contribution in [0.4, 0.5) is 0 Å². The van der Waals surface area contributed by atoms with Crippen LogP contribution < -0.4 is 16.1 Å². The Bertz CT molecular complexity index is 2640. The fraction of sp³-hybridized carbons (Fsp3) is 0.456. The van der Waals surface area contributed by atoms with E-state index in [9.17, 15) is 14.7 Å². The van der Waals surface area contributed by atoms with Crippen LogP contribution in [0.1, 0.15) is 139 Å². The lowest BCUT2D eigenvalue weighted by molar-refractivity contribution is -0.122. The van der Waals surface area contributed by atoms with Gasteiger partial charge in [0.25, 0.3) is 11.8 Å². The van der Waals surface area contributed by atoms with E-state index in [-0.39, 0.29) is 24.6 Å². The van der Waals surface area contributed by atoms with Crippen LogP contribution in [0.15, 0.2) is 116 Å². The van der Waals surface area contributed by atoms with E-state index in [4.69, 9.17) is 42.3 Å². The smallest absolute Gasteiger partial charge is 0.260 e. The van der Waals surface area contributed by atoms with E-state index in [1.54, 1.807) is 55.9 Å². The summed E-state index contributed by atoms with van der Waals surface area (Å²) in [5, 5.41) is 21.1. The van der Waals surface area contributed by atoms with E-state index in [2.05, 4.69) is 63.6 Å². The molecule has 3 aromatic rings. The number of halogens is 2. The molecule has 0 fully saturated rings. The number of aliphatic imine (C=N–C) groups is 3. The van der Waals surface area contributed by atoms with Gasteiger partial charge in [0.15, 0.2) is 12.1 Å². The Labute approximate surface area is 456 Å². The standard InChI is InChI=1S/C26H32ClN5O3.C24H30ClN5O3.C3H8.2C2H6/c1-6-10-23(28-13-9-14-34-5)30-25-18(7-2)15-21(26(33)32(25)8-3)20-12-11-19(16-22(20)27)24-29-17(4)35-31-24;1-7-16-11-19(18-10-9-17(12-20(18)25)21-28-15(4)33-29-21)23(31)30(8-2)22(16)27-14(3)26-13-24(5,6)32;1-3-2;2*1-2/h7,10-12,15-16,28H,6,8-9,13-14H2,1-5H3;7,9-12,15,26,32H,3,8,13H2,1-2,4-6H3,(H,28,29);3H2,1-2H3;2*1-2H3/b18-7-,23-10+,30-25+;16-7-,27-22+;;;. The molecular formula is C57H82Cl2N10O6. The van der Waals surface area contributed by atoms with Gasteiger partial charge in [0, 0.05) is 101 Å². The summed E-state index contributed by atoms with van der Waals surface area (Å²) in [5.74, 6) is 3.35. The third-order valence-electron chi connectivity index (χ3n) is 10.5. The van der Waals surface area contributed by atoms with Crippen molar-refractivity contribution in [1.82, 2.24) is 36.1 Å². The first kappa shape index (κ1) is 64.9. The minimum absolute atomic E-state index is 0.155. The minimum Gasteiger partial charge on any atom is -0.389 e. The predicted molar refractivity (Wildman–Crippen MR) is 309 cm³/mol. The van der Waals surface area contributed by atoms with Crippen LogP contribution in [0.25, 0.3) is 22.5 Å². The summed E-state index contributed by atoms with van der Waals surface area (Å²) in [6.07, 6.45) is 12.1. The molecule has 3 aliphatic heterocycles. The van der Waals surface area contributed by atoms with Gasteiger partial charge in [-0.25, -0.2) is 25.3 Å². The number of allylic oxidation sites excluding steroid dienone is 3. The molecule has 2 amide bonds. The maximum Gasteiger partial charge on any atom is 0.260 e. The lowest BCUT2D eigenvalue weighted by Crippen LogP contribution is -2.41. The van der Waals surface area contributed by atoms with Crippen LogP contribution >= 0.6 is 23.2 Å². The number of rotatable bonds is 17. The lowest BCUT2D eigenvalue weighted by atomic mass is 9.95. The zero-order chi connectivity index (χ0) is 56.4. The molecule has 0 aliphatic carbocycles. The molecule has 0 saturated heterocycles. The van der Waals surface area contributed by atoms with Gasteiger partial charge in [-0.15, -0.1) is 0 Å². The average molecular weight is 1070 g/mol. The molecule has 4 N–H and O–H groups in total. The number of nitrogens with zero attached hydrogens (tertiary/aromatic N) is 7. The molecule has 16 nitrogen and oxygen atoms in total. The molecule has 0 radical (unpaired) electrons. The summed E-state index contributed by atoms with van der Waals surface area (Å²) in [4.78, 5) is 53.5. The third kappa shape index (κ3) is 18.9. The number of hydrogen-bond donors (Lipinski definition) is 4. The zero-order valence-corrected chi connectivity index (χ0v) is 48.7. The van der Waals surface area contributed by atoms with E-state index >= 15 is 0 Å². The van der Waals surface area contributed by atoms with Gasteiger partial charge in [0.1, 0.15) is 23.3 Å². The lowest BCUT2D eigenvalue weighted by Gasteiger charge is -2.30. The molecule has 0 saturated carbocycles. The van der Waals surface area contributed by atoms with Crippen LogP contribution in [0, 0.1) is 6.92 Å². The Balaban J connectivity index is 0.000000459. The third-order valence-corrected chi connectivity index (χ3v) is 11.1. The first-order valence-corrected chi connectivity index (χ1v) is 26.7. The van der Waals surface area contributed by atoms with Crippen LogP contribution in [0.2, 0.25) is 10.0 Å². The number of amidine groups is 3. The van der Waals surface area contributed by atoms with E-state index in [0.717, 1.165) is 41.9 Å². The van der Waals surface area contributed by atoms with Gasteiger partial charge in [-0.2, -0.15) is 4.98 Å². The molecular weight excluding hydrogens is 992 g/mol. The number of benzene rings is 2. The fourth-order valence-electron chi connectivity index (χ4n) is 7.07. The number of nitrogens with one attached hydrogen (secondary N) is 3. The predicted octanol–water partition coefficient (Wildman–Crippen LogP) is 12.0. The van der Waals surface area contributed by atoms with Crippen molar-refractivity contribution >= 4 is 63.7 Å². The number of likely N-dealkylation sites (N-methyl/N-ethyl adjacent to an activating group) is 2. The Morgan fingerprint density at radius 2 is 1.40 bits per heavy atom. The van der Waals surface area contributed by atoms with Gasteiger partial charge in [0.05, 0.1) is 5.60 Å². The highest BCUT2D eigenvalue weighted by Gasteiger charge is 2.33. The first-order valence-electron chi connectivity index (χ1n) is 25.9. The van der Waals surface area contributed by atoms with Crippen molar-refractivity contribution in [2.24, 2.45) is 15.0 Å². The second kappa shape index (κ2) is 33.0. The van der Waals surface area contributed by atoms with Crippen molar-refractivity contribution < 1.29 is 28.8 Å². The molecule has 75 heavy (non-hydrogen) atoms. The summed E-state index contributed by atoms with van der Waals surface area (Å²) >= 11 is 13.2. The molecule has 0 bridgehead atoms. The van der Waals surface area contributed by atoms with Gasteiger partial charge >= 0.3 is 0 Å². The maximum absolute atomic E-state index is 13.6. The Morgan fingerprint density at radius 3 is 1.83 bits per heavy atom. The molecule has 2 aromatic carbocycles. The van der Waals surface area contributed by atoms with Crippen molar-refractivity contribution in [2.75, 3.05) is 39.9 Å². The van der Waals surface area contributed by atoms with E-state index in [1.807, 2.05) is 111 Å². The van der Waals surface area contributed by atoms with Crippen molar-refractivity contribution in [3.63, 3.8) is 0 Å². The van der Waals surface area contributed by atoms with Gasteiger partial charge in [-0.3, -0.25) is 19.4 Å². The molecule has 1 unspecified atom stereocenters. The van der Waals surface area contributed by atoms with Crippen LogP contribution in [0.5, 0.6) is 0 Å². The van der Waals surface area contributed by atoms with Crippen LogP contribution in [0.3, 0.4) is 0 Å². The summed E-state index contributed by atoms with van der Waals surface area (Å²) in [6, 6.07) is 10.8.